The van der Waals surface area contributed by atoms with Gasteiger partial charge in [0.2, 0.25) is 10.0 Å². The number of benzene rings is 1. The number of sulfonamides is 1. The van der Waals surface area contributed by atoms with Gasteiger partial charge in [0, 0.05) is 12.4 Å². The first-order valence-corrected chi connectivity index (χ1v) is 5.75. The van der Waals surface area contributed by atoms with E-state index in [4.69, 9.17) is 5.14 Å². The Kier molecular flexibility index (Phi) is 2.29. The van der Waals surface area contributed by atoms with Gasteiger partial charge in [-0.2, -0.15) is 5.10 Å². The Morgan fingerprint density at radius 1 is 1.20 bits per heavy atom. The van der Waals surface area contributed by atoms with E-state index in [1.54, 1.807) is 35.3 Å². The molecule has 1 aromatic heterocycles. The number of rotatable bonds is 2. The highest BCUT2D eigenvalue weighted by atomic mass is 32.2. The van der Waals surface area contributed by atoms with Crippen molar-refractivity contribution >= 4 is 10.0 Å². The average Bonchev–Trinajstić information content (AvgIpc) is 2.69. The summed E-state index contributed by atoms with van der Waals surface area (Å²) in [6.45, 7) is 0. The molecule has 5 nitrogen and oxygen atoms in total. The van der Waals surface area contributed by atoms with E-state index >= 15 is 0 Å². The molecule has 0 fully saturated rings. The zero-order valence-corrected chi connectivity index (χ0v) is 8.55. The van der Waals surface area contributed by atoms with Crippen LogP contribution in [0.4, 0.5) is 0 Å². The zero-order chi connectivity index (χ0) is 10.9. The minimum Gasteiger partial charge on any atom is -0.241 e. The van der Waals surface area contributed by atoms with Crippen LogP contribution in [0.25, 0.3) is 5.69 Å². The molecule has 0 saturated heterocycles. The van der Waals surface area contributed by atoms with E-state index in [1.807, 2.05) is 0 Å². The van der Waals surface area contributed by atoms with Crippen molar-refractivity contribution in [1.29, 1.82) is 0 Å². The summed E-state index contributed by atoms with van der Waals surface area (Å²) in [5.41, 5.74) is 0.785. The molecule has 0 amide bonds. The van der Waals surface area contributed by atoms with Gasteiger partial charge in [0.05, 0.1) is 10.6 Å². The van der Waals surface area contributed by atoms with Gasteiger partial charge >= 0.3 is 0 Å². The van der Waals surface area contributed by atoms with Crippen LogP contribution in [0.15, 0.2) is 47.6 Å². The summed E-state index contributed by atoms with van der Waals surface area (Å²) in [5.74, 6) is 0. The predicted octanol–water partition coefficient (Wildman–Crippen LogP) is 0.520. The fourth-order valence-corrected chi connectivity index (χ4v) is 1.73. The number of primary sulfonamides is 1. The lowest BCUT2D eigenvalue weighted by molar-refractivity contribution is 0.598. The largest absolute Gasteiger partial charge is 0.241 e. The molecule has 2 aromatic rings. The van der Waals surface area contributed by atoms with Gasteiger partial charge in [-0.1, -0.05) is 0 Å². The maximum absolute atomic E-state index is 11.0. The molecule has 2 N–H and O–H groups in total. The lowest BCUT2D eigenvalue weighted by Gasteiger charge is -2.02. The minimum atomic E-state index is -3.62. The third-order valence-electron chi connectivity index (χ3n) is 1.93. The Balaban J connectivity index is 2.42. The van der Waals surface area contributed by atoms with Crippen LogP contribution < -0.4 is 5.14 Å². The first kappa shape index (κ1) is 9.88. The van der Waals surface area contributed by atoms with Crippen LogP contribution in [-0.4, -0.2) is 18.2 Å². The van der Waals surface area contributed by atoms with Crippen molar-refractivity contribution in [3.63, 3.8) is 0 Å². The van der Waals surface area contributed by atoms with Gasteiger partial charge < -0.3 is 0 Å². The quantitative estimate of drug-likeness (QED) is 0.806. The van der Waals surface area contributed by atoms with Gasteiger partial charge in [-0.25, -0.2) is 18.2 Å². The summed E-state index contributed by atoms with van der Waals surface area (Å²) < 4.78 is 23.6. The van der Waals surface area contributed by atoms with Crippen molar-refractivity contribution in [1.82, 2.24) is 9.78 Å². The van der Waals surface area contributed by atoms with Gasteiger partial charge in [-0.15, -0.1) is 0 Å². The molecule has 0 spiro atoms. The Labute approximate surface area is 87.2 Å². The summed E-state index contributed by atoms with van der Waals surface area (Å²) in [4.78, 5) is 0.0957. The molecule has 0 atom stereocenters. The number of nitrogens with zero attached hydrogens (tertiary/aromatic N) is 2. The molecule has 0 radical (unpaired) electrons. The number of aromatic nitrogens is 2. The van der Waals surface area contributed by atoms with Crippen molar-refractivity contribution < 1.29 is 8.42 Å². The molecule has 1 aromatic carbocycles. The van der Waals surface area contributed by atoms with Crippen molar-refractivity contribution in [3.05, 3.63) is 42.7 Å². The third kappa shape index (κ3) is 2.05. The molecule has 0 saturated carbocycles. The standard InChI is InChI=1S/C9H9N3O2S/c10-15(13,14)9-4-2-8(3-5-9)12-7-1-6-11-12/h1-7H,(H2,10,13,14). The second-order valence-electron chi connectivity index (χ2n) is 2.99. The molecule has 0 aliphatic heterocycles. The predicted molar refractivity (Wildman–Crippen MR) is 54.9 cm³/mol. The first-order valence-electron chi connectivity index (χ1n) is 4.20. The molecule has 2 rings (SSSR count). The molecular weight excluding hydrogens is 214 g/mol. The van der Waals surface area contributed by atoms with Crippen LogP contribution in [0.5, 0.6) is 0 Å². The number of hydrogen-bond acceptors (Lipinski definition) is 3. The molecule has 6 heteroatoms. The van der Waals surface area contributed by atoms with Crippen LogP contribution in [0, 0.1) is 0 Å². The lowest BCUT2D eigenvalue weighted by atomic mass is 10.3. The van der Waals surface area contributed by atoms with E-state index in [2.05, 4.69) is 5.10 Å². The van der Waals surface area contributed by atoms with Crippen LogP contribution in [0.1, 0.15) is 0 Å². The topological polar surface area (TPSA) is 78.0 Å². The monoisotopic (exact) mass is 223 g/mol. The Morgan fingerprint density at radius 3 is 2.33 bits per heavy atom. The highest BCUT2D eigenvalue weighted by molar-refractivity contribution is 7.89. The minimum absolute atomic E-state index is 0.0957. The summed E-state index contributed by atoms with van der Waals surface area (Å²) in [7, 11) is -3.62. The van der Waals surface area contributed by atoms with Gasteiger partial charge in [-0.05, 0) is 30.3 Å². The molecule has 0 aliphatic rings. The second-order valence-corrected chi connectivity index (χ2v) is 4.55. The van der Waals surface area contributed by atoms with E-state index in [0.717, 1.165) is 5.69 Å². The van der Waals surface area contributed by atoms with Crippen molar-refractivity contribution in [2.75, 3.05) is 0 Å². The molecular formula is C9H9N3O2S. The van der Waals surface area contributed by atoms with Crippen LogP contribution in [0.2, 0.25) is 0 Å². The number of hydrogen-bond donors (Lipinski definition) is 1. The van der Waals surface area contributed by atoms with Gasteiger partial charge in [0.15, 0.2) is 0 Å². The maximum Gasteiger partial charge on any atom is 0.238 e. The SMILES string of the molecule is NS(=O)(=O)c1ccc(-n2cccn2)cc1. The van der Waals surface area contributed by atoms with Crippen molar-refractivity contribution in [2.24, 2.45) is 5.14 Å². The van der Waals surface area contributed by atoms with Gasteiger partial charge in [0.25, 0.3) is 0 Å². The van der Waals surface area contributed by atoms with Crippen LogP contribution in [0.3, 0.4) is 0 Å². The summed E-state index contributed by atoms with van der Waals surface area (Å²) in [6, 6.07) is 7.98. The molecule has 0 bridgehead atoms. The lowest BCUT2D eigenvalue weighted by Crippen LogP contribution is -2.12. The Hall–Kier alpha value is -1.66. The molecule has 0 aliphatic carbocycles. The van der Waals surface area contributed by atoms with Crippen molar-refractivity contribution in [2.45, 2.75) is 4.90 Å². The Bertz CT molecular complexity index is 544. The average molecular weight is 223 g/mol. The van der Waals surface area contributed by atoms with Gasteiger partial charge in [0.1, 0.15) is 0 Å². The fourth-order valence-electron chi connectivity index (χ4n) is 1.21. The van der Waals surface area contributed by atoms with Crippen molar-refractivity contribution in [3.8, 4) is 5.69 Å². The highest BCUT2D eigenvalue weighted by Gasteiger charge is 2.06. The third-order valence-corrected chi connectivity index (χ3v) is 2.86. The zero-order valence-electron chi connectivity index (χ0n) is 7.74. The summed E-state index contributed by atoms with van der Waals surface area (Å²) in [6.07, 6.45) is 3.42. The summed E-state index contributed by atoms with van der Waals surface area (Å²) in [5, 5.41) is 8.99. The molecule has 15 heavy (non-hydrogen) atoms. The number of nitrogens with two attached hydrogens (primary N) is 1. The summed E-state index contributed by atoms with van der Waals surface area (Å²) >= 11 is 0. The normalized spacial score (nSPS) is 11.5. The highest BCUT2D eigenvalue weighted by Crippen LogP contribution is 2.11. The fraction of sp³-hybridized carbons (Fsp3) is 0. The Morgan fingerprint density at radius 2 is 1.87 bits per heavy atom. The van der Waals surface area contributed by atoms with Gasteiger partial charge in [-0.3, -0.25) is 0 Å². The maximum atomic E-state index is 11.0. The van der Waals surface area contributed by atoms with E-state index < -0.39 is 10.0 Å². The van der Waals surface area contributed by atoms with E-state index in [0.29, 0.717) is 0 Å². The van der Waals surface area contributed by atoms with E-state index in [-0.39, 0.29) is 4.90 Å². The van der Waals surface area contributed by atoms with E-state index in [9.17, 15) is 8.42 Å². The second kappa shape index (κ2) is 3.48. The smallest absolute Gasteiger partial charge is 0.238 e. The van der Waals surface area contributed by atoms with Crippen LogP contribution >= 0.6 is 0 Å². The molecule has 78 valence electrons. The van der Waals surface area contributed by atoms with Crippen LogP contribution in [-0.2, 0) is 10.0 Å². The molecule has 1 heterocycles. The van der Waals surface area contributed by atoms with E-state index in [1.165, 1.54) is 12.1 Å². The molecule has 0 unspecified atom stereocenters. The first-order chi connectivity index (χ1) is 7.07.